The molecule has 2 N–H and O–H groups in total. The first-order chi connectivity index (χ1) is 21.0. The van der Waals surface area contributed by atoms with Gasteiger partial charge < -0.3 is 24.5 Å². The molecule has 0 radical (unpaired) electrons. The fourth-order valence-electron chi connectivity index (χ4n) is 4.58. The molecule has 228 valence electrons. The van der Waals surface area contributed by atoms with Crippen LogP contribution in [0.1, 0.15) is 22.4 Å². The van der Waals surface area contributed by atoms with Crippen molar-refractivity contribution in [2.45, 2.75) is 33.0 Å². The highest BCUT2D eigenvalue weighted by molar-refractivity contribution is 5.96. The number of nitrogens with one attached hydrogen (secondary N) is 1. The van der Waals surface area contributed by atoms with Gasteiger partial charge in [-0.25, -0.2) is 4.79 Å². The van der Waals surface area contributed by atoms with Gasteiger partial charge in [0.25, 0.3) is 0 Å². The largest absolute Gasteiger partial charge is 0.497 e. The second-order valence-corrected chi connectivity index (χ2v) is 9.81. The molecular weight excluding hydrogens is 575 g/mol. The summed E-state index contributed by atoms with van der Waals surface area (Å²) in [7, 11) is 1.67. The zero-order chi connectivity index (χ0) is 31.9. The van der Waals surface area contributed by atoms with Gasteiger partial charge in [0.15, 0.2) is 0 Å². The van der Waals surface area contributed by atoms with Crippen LogP contribution in [0.2, 0.25) is 0 Å². The predicted octanol–water partition coefficient (Wildman–Crippen LogP) is 7.32. The lowest BCUT2D eigenvalue weighted by molar-refractivity contribution is -0.192. The molecule has 11 heteroatoms. The summed E-state index contributed by atoms with van der Waals surface area (Å²) >= 11 is 0. The molecule has 5 rings (SSSR count). The molecule has 0 fully saturated rings. The Kier molecular flexibility index (Phi) is 9.89. The van der Waals surface area contributed by atoms with E-state index in [2.05, 4.69) is 46.1 Å². The fourth-order valence-corrected chi connectivity index (χ4v) is 4.58. The number of carbonyl (C=O) groups is 2. The van der Waals surface area contributed by atoms with Crippen molar-refractivity contribution in [3.05, 3.63) is 114 Å². The molecule has 44 heavy (non-hydrogen) atoms. The number of hydrogen-bond donors (Lipinski definition) is 2. The number of carbonyl (C=O) groups excluding carboxylic acids is 1. The Morgan fingerprint density at radius 3 is 2.27 bits per heavy atom. The third-order valence-corrected chi connectivity index (χ3v) is 6.76. The van der Waals surface area contributed by atoms with E-state index in [1.54, 1.807) is 19.5 Å². The van der Waals surface area contributed by atoms with Crippen molar-refractivity contribution in [2.24, 2.45) is 0 Å². The van der Waals surface area contributed by atoms with Crippen LogP contribution in [0.5, 0.6) is 17.2 Å². The van der Waals surface area contributed by atoms with E-state index in [-0.39, 0.29) is 12.3 Å². The van der Waals surface area contributed by atoms with Crippen molar-refractivity contribution in [1.82, 2.24) is 9.55 Å². The second kappa shape index (κ2) is 13.8. The fraction of sp³-hybridized carbons (Fsp3) is 0.182. The van der Waals surface area contributed by atoms with Gasteiger partial charge in [-0.3, -0.25) is 9.78 Å². The minimum absolute atomic E-state index is 0.0595. The molecule has 0 atom stereocenters. The number of aryl methyl sites for hydroxylation is 1. The molecule has 0 aliphatic rings. The van der Waals surface area contributed by atoms with Gasteiger partial charge in [-0.15, -0.1) is 0 Å². The number of ether oxygens (including phenoxy) is 2. The van der Waals surface area contributed by atoms with Gasteiger partial charge in [0.05, 0.1) is 19.7 Å². The minimum atomic E-state index is -5.08. The number of methoxy groups -OCH3 is 1. The normalized spacial score (nSPS) is 11.0. The molecule has 0 saturated heterocycles. The van der Waals surface area contributed by atoms with E-state index in [1.165, 1.54) is 5.56 Å². The lowest BCUT2D eigenvalue weighted by Gasteiger charge is -2.12. The molecular formula is C33H30F3N3O5. The third-order valence-electron chi connectivity index (χ3n) is 6.76. The molecule has 2 heterocycles. The molecule has 0 spiro atoms. The van der Waals surface area contributed by atoms with Crippen molar-refractivity contribution in [3.8, 4) is 17.2 Å². The molecule has 8 nitrogen and oxygen atoms in total. The van der Waals surface area contributed by atoms with Crippen molar-refractivity contribution < 1.29 is 37.3 Å². The van der Waals surface area contributed by atoms with Crippen LogP contribution in [0.4, 0.5) is 18.9 Å². The SMILES string of the molecule is COc1ccc(Cn2c(C)c(CC(=O)Nc3ccc(Oc4cccnc4)c(C)c3)c3ccccc32)cc1.O=C(O)C(F)(F)F. The topological polar surface area (TPSA) is 103 Å². The summed E-state index contributed by atoms with van der Waals surface area (Å²) in [5, 5.41) is 11.3. The summed E-state index contributed by atoms with van der Waals surface area (Å²) in [5.74, 6) is -0.585. The molecule has 5 aromatic rings. The monoisotopic (exact) mass is 605 g/mol. The molecule has 0 aliphatic heterocycles. The van der Waals surface area contributed by atoms with Crippen LogP contribution >= 0.6 is 0 Å². The molecule has 0 aliphatic carbocycles. The predicted molar refractivity (Wildman–Crippen MR) is 160 cm³/mol. The number of hydrogen-bond acceptors (Lipinski definition) is 5. The van der Waals surface area contributed by atoms with E-state index >= 15 is 0 Å². The lowest BCUT2D eigenvalue weighted by Crippen LogP contribution is -2.21. The number of amides is 1. The number of fused-ring (bicyclic) bond motifs is 1. The molecule has 3 aromatic carbocycles. The van der Waals surface area contributed by atoms with E-state index in [1.807, 2.05) is 61.5 Å². The number of carboxylic acids is 1. The number of aliphatic carboxylic acids is 1. The smallest absolute Gasteiger partial charge is 0.490 e. The zero-order valence-corrected chi connectivity index (χ0v) is 24.2. The van der Waals surface area contributed by atoms with Gasteiger partial charge in [-0.05, 0) is 79.1 Å². The van der Waals surface area contributed by atoms with Crippen molar-refractivity contribution >= 4 is 28.5 Å². The number of aromatic nitrogens is 2. The van der Waals surface area contributed by atoms with Gasteiger partial charge in [0, 0.05) is 35.0 Å². The minimum Gasteiger partial charge on any atom is -0.497 e. The first-order valence-corrected chi connectivity index (χ1v) is 13.4. The number of rotatable bonds is 8. The Morgan fingerprint density at radius 2 is 1.66 bits per heavy atom. The highest BCUT2D eigenvalue weighted by Crippen LogP contribution is 2.29. The first-order valence-electron chi connectivity index (χ1n) is 13.4. The third kappa shape index (κ3) is 7.94. The highest BCUT2D eigenvalue weighted by Gasteiger charge is 2.38. The maximum absolute atomic E-state index is 13.1. The summed E-state index contributed by atoms with van der Waals surface area (Å²) in [6, 6.07) is 25.7. The number of alkyl halides is 3. The maximum Gasteiger partial charge on any atom is 0.490 e. The molecule has 0 bridgehead atoms. The van der Waals surface area contributed by atoms with Crippen LogP contribution in [0.15, 0.2) is 91.3 Å². The van der Waals surface area contributed by atoms with Crippen LogP contribution < -0.4 is 14.8 Å². The Labute approximate surface area is 251 Å². The number of anilines is 1. The number of nitrogens with zero attached hydrogens (tertiary/aromatic N) is 2. The maximum atomic E-state index is 13.1. The van der Waals surface area contributed by atoms with E-state index in [0.717, 1.165) is 51.5 Å². The van der Waals surface area contributed by atoms with E-state index in [0.29, 0.717) is 5.75 Å². The van der Waals surface area contributed by atoms with E-state index in [4.69, 9.17) is 19.4 Å². The molecule has 2 aromatic heterocycles. The number of para-hydroxylation sites is 1. The van der Waals surface area contributed by atoms with Crippen LogP contribution in [0.25, 0.3) is 10.9 Å². The van der Waals surface area contributed by atoms with Crippen molar-refractivity contribution in [2.75, 3.05) is 12.4 Å². The first kappa shape index (κ1) is 31.6. The molecule has 0 unspecified atom stereocenters. The zero-order valence-electron chi connectivity index (χ0n) is 24.2. The van der Waals surface area contributed by atoms with Crippen LogP contribution in [-0.2, 0) is 22.6 Å². The van der Waals surface area contributed by atoms with E-state index < -0.39 is 12.1 Å². The number of carboxylic acid groups (broad SMARTS) is 1. The Bertz CT molecular complexity index is 1750. The Balaban J connectivity index is 0.000000566. The summed E-state index contributed by atoms with van der Waals surface area (Å²) in [5.41, 5.74) is 6.07. The average Bonchev–Trinajstić information content (AvgIpc) is 3.25. The van der Waals surface area contributed by atoms with Crippen molar-refractivity contribution in [3.63, 3.8) is 0 Å². The quantitative estimate of drug-likeness (QED) is 0.192. The van der Waals surface area contributed by atoms with E-state index in [9.17, 15) is 18.0 Å². The Hall–Kier alpha value is -5.32. The number of pyridine rings is 1. The summed E-state index contributed by atoms with van der Waals surface area (Å²) in [6.07, 6.45) is -1.42. The van der Waals surface area contributed by atoms with Crippen molar-refractivity contribution in [1.29, 1.82) is 0 Å². The van der Waals surface area contributed by atoms with Crippen LogP contribution in [0, 0.1) is 13.8 Å². The second-order valence-electron chi connectivity index (χ2n) is 9.81. The van der Waals surface area contributed by atoms with Crippen LogP contribution in [0.3, 0.4) is 0 Å². The lowest BCUT2D eigenvalue weighted by atomic mass is 10.1. The van der Waals surface area contributed by atoms with Gasteiger partial charge in [-0.1, -0.05) is 30.3 Å². The average molecular weight is 606 g/mol. The Morgan fingerprint density at radius 1 is 0.955 bits per heavy atom. The van der Waals surface area contributed by atoms with Gasteiger partial charge >= 0.3 is 12.1 Å². The highest BCUT2D eigenvalue weighted by atomic mass is 19.4. The van der Waals surface area contributed by atoms with Gasteiger partial charge in [0.2, 0.25) is 5.91 Å². The number of benzene rings is 3. The summed E-state index contributed by atoms with van der Waals surface area (Å²) in [6.45, 7) is 4.76. The number of halogens is 3. The molecule has 1 amide bonds. The summed E-state index contributed by atoms with van der Waals surface area (Å²) in [4.78, 5) is 26.1. The standard InChI is InChI=1S/C31H29N3O3.C2HF3O2/c1-21-17-24(12-15-30(21)37-26-7-6-16-32-19-26)33-31(35)18-28-22(2)34(29-9-5-4-8-27(28)29)20-23-10-13-25(36-3)14-11-23;3-2(4,5)1(6)7/h4-17,19H,18,20H2,1-3H3,(H,33,35);(H,6,7). The van der Waals surface area contributed by atoms with Gasteiger partial charge in [-0.2, -0.15) is 13.2 Å². The molecule has 0 saturated carbocycles. The van der Waals surface area contributed by atoms with Crippen LogP contribution in [-0.4, -0.2) is 39.8 Å². The summed E-state index contributed by atoms with van der Waals surface area (Å²) < 4.78 is 45.2. The van der Waals surface area contributed by atoms with Gasteiger partial charge in [0.1, 0.15) is 17.2 Å².